The third kappa shape index (κ3) is 4.71. The van der Waals surface area contributed by atoms with Crippen molar-refractivity contribution in [3.63, 3.8) is 0 Å². The Balaban J connectivity index is 1.86. The molecule has 122 valence electrons. The molecule has 1 aromatic carbocycles. The quantitative estimate of drug-likeness (QED) is 0.845. The molecule has 5 nitrogen and oxygen atoms in total. The Hall–Kier alpha value is -1.59. The highest BCUT2D eigenvalue weighted by molar-refractivity contribution is 5.97. The van der Waals surface area contributed by atoms with Crippen molar-refractivity contribution < 1.29 is 9.53 Å². The van der Waals surface area contributed by atoms with Gasteiger partial charge in [-0.15, -0.1) is 0 Å². The second-order valence-electron chi connectivity index (χ2n) is 6.35. The molecule has 0 aromatic heterocycles. The number of likely N-dealkylation sites (N-methyl/N-ethyl adjacent to an activating group) is 1. The number of carbonyl (C=O) groups excluding carboxylic acids is 1. The maximum atomic E-state index is 12.4. The lowest BCUT2D eigenvalue weighted by Gasteiger charge is -2.33. The zero-order valence-corrected chi connectivity index (χ0v) is 13.8. The van der Waals surface area contributed by atoms with Crippen LogP contribution in [-0.2, 0) is 4.79 Å². The number of carbonyl (C=O) groups is 1. The number of piperidine rings is 1. The second-order valence-corrected chi connectivity index (χ2v) is 6.35. The van der Waals surface area contributed by atoms with Crippen LogP contribution in [-0.4, -0.2) is 50.1 Å². The van der Waals surface area contributed by atoms with Crippen LogP contribution >= 0.6 is 0 Å². The van der Waals surface area contributed by atoms with Crippen molar-refractivity contribution in [3.8, 4) is 5.75 Å². The maximum absolute atomic E-state index is 12.4. The van der Waals surface area contributed by atoms with E-state index in [9.17, 15) is 4.79 Å². The van der Waals surface area contributed by atoms with Crippen LogP contribution in [0, 0.1) is 0 Å². The summed E-state index contributed by atoms with van der Waals surface area (Å²) in [6, 6.07) is 7.55. The molecule has 1 aliphatic rings. The van der Waals surface area contributed by atoms with Gasteiger partial charge in [0, 0.05) is 12.2 Å². The summed E-state index contributed by atoms with van der Waals surface area (Å²) in [5, 5.41) is 6.31. The first-order valence-electron chi connectivity index (χ1n) is 7.94. The summed E-state index contributed by atoms with van der Waals surface area (Å²) < 4.78 is 5.65. The van der Waals surface area contributed by atoms with Gasteiger partial charge in [-0.1, -0.05) is 0 Å². The van der Waals surface area contributed by atoms with Gasteiger partial charge in [0.1, 0.15) is 12.4 Å². The fourth-order valence-corrected chi connectivity index (χ4v) is 2.50. The van der Waals surface area contributed by atoms with Crippen LogP contribution in [0.3, 0.4) is 0 Å². The molecule has 1 atom stereocenters. The van der Waals surface area contributed by atoms with Crippen molar-refractivity contribution in [2.75, 3.05) is 39.1 Å². The number of amides is 1. The lowest BCUT2D eigenvalue weighted by Crippen LogP contribution is -2.54. The topological polar surface area (TPSA) is 53.6 Å². The van der Waals surface area contributed by atoms with Crippen LogP contribution in [0.15, 0.2) is 24.3 Å². The van der Waals surface area contributed by atoms with Crippen molar-refractivity contribution in [3.05, 3.63) is 24.3 Å². The average molecular weight is 305 g/mol. The number of nitrogens with zero attached hydrogens (tertiary/aromatic N) is 1. The lowest BCUT2D eigenvalue weighted by atomic mass is 9.90. The summed E-state index contributed by atoms with van der Waals surface area (Å²) in [5.41, 5.74) is 0.345. The van der Waals surface area contributed by atoms with Gasteiger partial charge in [-0.2, -0.15) is 0 Å². The molecule has 5 heteroatoms. The highest BCUT2D eigenvalue weighted by Crippen LogP contribution is 2.22. The Bertz CT molecular complexity index is 479. The predicted octanol–water partition coefficient (Wildman–Crippen LogP) is 2.10. The van der Waals surface area contributed by atoms with E-state index in [4.69, 9.17) is 4.74 Å². The minimum Gasteiger partial charge on any atom is -0.492 e. The molecule has 1 aromatic rings. The van der Waals surface area contributed by atoms with Gasteiger partial charge in [0.2, 0.25) is 5.91 Å². The molecule has 2 rings (SSSR count). The lowest BCUT2D eigenvalue weighted by molar-refractivity contribution is -0.122. The highest BCUT2D eigenvalue weighted by atomic mass is 16.5. The van der Waals surface area contributed by atoms with E-state index in [-0.39, 0.29) is 5.91 Å². The molecule has 0 saturated carbocycles. The minimum atomic E-state index is -0.459. The van der Waals surface area contributed by atoms with Crippen molar-refractivity contribution in [2.24, 2.45) is 0 Å². The molecule has 0 aliphatic carbocycles. The van der Waals surface area contributed by atoms with E-state index in [2.05, 4.69) is 15.5 Å². The second kappa shape index (κ2) is 7.61. The molecule has 0 spiro atoms. The summed E-state index contributed by atoms with van der Waals surface area (Å²) in [6.07, 6.45) is 3.11. The molecule has 1 amide bonds. The largest absolute Gasteiger partial charge is 0.492 e. The Morgan fingerprint density at radius 2 is 2.05 bits per heavy atom. The minimum absolute atomic E-state index is 0.0356. The fourth-order valence-electron chi connectivity index (χ4n) is 2.50. The van der Waals surface area contributed by atoms with Gasteiger partial charge in [0.25, 0.3) is 0 Å². The number of anilines is 1. The summed E-state index contributed by atoms with van der Waals surface area (Å²) in [5.74, 6) is 0.857. The zero-order valence-electron chi connectivity index (χ0n) is 13.8. The van der Waals surface area contributed by atoms with Gasteiger partial charge in [-0.25, -0.2) is 0 Å². The predicted molar refractivity (Wildman–Crippen MR) is 89.4 cm³/mol. The molecule has 1 heterocycles. The van der Waals surface area contributed by atoms with Crippen molar-refractivity contribution >= 4 is 11.6 Å². The number of nitrogens with one attached hydrogen (secondary N) is 2. The molecule has 1 aliphatic heterocycles. The molecule has 2 N–H and O–H groups in total. The molecule has 1 saturated heterocycles. The van der Waals surface area contributed by atoms with Crippen molar-refractivity contribution in [2.45, 2.75) is 31.7 Å². The van der Waals surface area contributed by atoms with E-state index in [1.165, 1.54) is 0 Å². The number of ether oxygens (including phenoxy) is 1. The molecular formula is C17H27N3O2. The van der Waals surface area contributed by atoms with E-state index in [1.807, 2.05) is 45.3 Å². The third-order valence-electron chi connectivity index (χ3n) is 4.04. The number of benzene rings is 1. The third-order valence-corrected chi connectivity index (χ3v) is 4.04. The van der Waals surface area contributed by atoms with Crippen LogP contribution in [0.5, 0.6) is 5.75 Å². The maximum Gasteiger partial charge on any atom is 0.244 e. The van der Waals surface area contributed by atoms with E-state index in [0.29, 0.717) is 6.61 Å². The number of rotatable bonds is 6. The number of hydrogen-bond acceptors (Lipinski definition) is 4. The summed E-state index contributed by atoms with van der Waals surface area (Å²) >= 11 is 0. The first-order valence-corrected chi connectivity index (χ1v) is 7.94. The monoisotopic (exact) mass is 305 g/mol. The van der Waals surface area contributed by atoms with Crippen LogP contribution in [0.2, 0.25) is 0 Å². The van der Waals surface area contributed by atoms with E-state index >= 15 is 0 Å². The highest BCUT2D eigenvalue weighted by Gasteiger charge is 2.34. The van der Waals surface area contributed by atoms with Crippen LogP contribution < -0.4 is 15.4 Å². The Morgan fingerprint density at radius 1 is 1.32 bits per heavy atom. The van der Waals surface area contributed by atoms with Crippen molar-refractivity contribution in [1.29, 1.82) is 0 Å². The first-order chi connectivity index (χ1) is 10.5. The molecular weight excluding hydrogens is 278 g/mol. The Kier molecular flexibility index (Phi) is 5.80. The molecule has 0 radical (unpaired) electrons. The molecule has 1 unspecified atom stereocenters. The van der Waals surface area contributed by atoms with Crippen molar-refractivity contribution in [1.82, 2.24) is 10.2 Å². The SMILES string of the molecule is CN(C)CCOc1ccc(NC(=O)C2(C)CCCCN2)cc1. The average Bonchev–Trinajstić information content (AvgIpc) is 2.49. The van der Waals surface area contributed by atoms with E-state index in [0.717, 1.165) is 43.8 Å². The van der Waals surface area contributed by atoms with Crippen LogP contribution in [0.1, 0.15) is 26.2 Å². The van der Waals surface area contributed by atoms with Crippen LogP contribution in [0.4, 0.5) is 5.69 Å². The van der Waals surface area contributed by atoms with Gasteiger partial charge < -0.3 is 20.3 Å². The molecule has 0 bridgehead atoms. The fraction of sp³-hybridized carbons (Fsp3) is 0.588. The Morgan fingerprint density at radius 3 is 2.64 bits per heavy atom. The van der Waals surface area contributed by atoms with Gasteiger partial charge in [-0.05, 0) is 71.1 Å². The summed E-state index contributed by atoms with van der Waals surface area (Å²) in [4.78, 5) is 14.5. The normalized spacial score (nSPS) is 21.6. The summed E-state index contributed by atoms with van der Waals surface area (Å²) in [6.45, 7) is 4.41. The van der Waals surface area contributed by atoms with Gasteiger partial charge in [-0.3, -0.25) is 4.79 Å². The molecule has 1 fully saturated rings. The smallest absolute Gasteiger partial charge is 0.244 e. The van der Waals surface area contributed by atoms with Gasteiger partial charge >= 0.3 is 0 Å². The standard InChI is InChI=1S/C17H27N3O2/c1-17(10-4-5-11-18-17)16(21)19-14-6-8-15(9-7-14)22-13-12-20(2)3/h6-9,18H,4-5,10-13H2,1-3H3,(H,19,21). The first kappa shape index (κ1) is 16.8. The molecule has 22 heavy (non-hydrogen) atoms. The van der Waals surface area contributed by atoms with E-state index in [1.54, 1.807) is 0 Å². The number of hydrogen-bond donors (Lipinski definition) is 2. The van der Waals surface area contributed by atoms with Crippen LogP contribution in [0.25, 0.3) is 0 Å². The van der Waals surface area contributed by atoms with Gasteiger partial charge in [0.05, 0.1) is 5.54 Å². The van der Waals surface area contributed by atoms with E-state index < -0.39 is 5.54 Å². The zero-order chi connectivity index (χ0) is 16.0. The van der Waals surface area contributed by atoms with Gasteiger partial charge in [0.15, 0.2) is 0 Å². The summed E-state index contributed by atoms with van der Waals surface area (Å²) in [7, 11) is 4.03. The Labute approximate surface area is 133 Å².